The zero-order valence-electron chi connectivity index (χ0n) is 14.3. The van der Waals surface area contributed by atoms with Gasteiger partial charge in [0, 0.05) is 23.9 Å². The molecule has 1 aliphatic rings. The van der Waals surface area contributed by atoms with Crippen LogP contribution in [-0.4, -0.2) is 38.7 Å². The summed E-state index contributed by atoms with van der Waals surface area (Å²) in [6, 6.07) is 9.58. The first-order valence-electron chi connectivity index (χ1n) is 8.37. The third-order valence-electron chi connectivity index (χ3n) is 4.39. The molecule has 1 aliphatic heterocycles. The molecule has 2 aromatic heterocycles. The Morgan fingerprint density at radius 2 is 2.04 bits per heavy atom. The number of nitrogen functional groups attached to an aromatic ring is 1. The molecule has 0 unspecified atom stereocenters. The predicted octanol–water partition coefficient (Wildman–Crippen LogP) is 2.08. The molecule has 27 heavy (non-hydrogen) atoms. The lowest BCUT2D eigenvalue weighted by Gasteiger charge is -2.13. The van der Waals surface area contributed by atoms with Crippen LogP contribution in [0.1, 0.15) is 12.8 Å². The van der Waals surface area contributed by atoms with E-state index in [4.69, 9.17) is 5.84 Å². The molecule has 1 aromatic carbocycles. The first kappa shape index (κ1) is 17.7. The third-order valence-corrected chi connectivity index (χ3v) is 6.20. The van der Waals surface area contributed by atoms with Gasteiger partial charge in [0.15, 0.2) is 5.16 Å². The quantitative estimate of drug-likeness (QED) is 0.409. The zero-order chi connectivity index (χ0) is 19.0. The van der Waals surface area contributed by atoms with E-state index in [9.17, 15) is 14.4 Å². The fourth-order valence-corrected chi connectivity index (χ4v) is 4.81. The van der Waals surface area contributed by atoms with Gasteiger partial charge in [-0.15, -0.1) is 11.3 Å². The van der Waals surface area contributed by atoms with Crippen LogP contribution in [0.5, 0.6) is 0 Å². The summed E-state index contributed by atoms with van der Waals surface area (Å²) in [7, 11) is 0. The second kappa shape index (κ2) is 7.16. The Morgan fingerprint density at radius 3 is 2.74 bits per heavy atom. The molecule has 0 saturated carbocycles. The van der Waals surface area contributed by atoms with Crippen LogP contribution in [0.25, 0.3) is 21.3 Å². The maximum Gasteiger partial charge on any atom is 0.282 e. The number of carbonyl (C=O) groups is 2. The van der Waals surface area contributed by atoms with Crippen LogP contribution in [0.2, 0.25) is 0 Å². The molecule has 0 radical (unpaired) electrons. The minimum atomic E-state index is -0.354. The molecule has 1 fully saturated rings. The number of imide groups is 1. The number of likely N-dealkylation sites (tertiary alicyclic amines) is 1. The maximum absolute atomic E-state index is 12.8. The smallest absolute Gasteiger partial charge is 0.282 e. The van der Waals surface area contributed by atoms with E-state index in [0.717, 1.165) is 27.6 Å². The third kappa shape index (κ3) is 3.24. The van der Waals surface area contributed by atoms with Gasteiger partial charge < -0.3 is 5.84 Å². The zero-order valence-corrected chi connectivity index (χ0v) is 15.9. The molecule has 0 aliphatic carbocycles. The van der Waals surface area contributed by atoms with E-state index < -0.39 is 0 Å². The summed E-state index contributed by atoms with van der Waals surface area (Å²) in [5, 5.41) is 2.62. The van der Waals surface area contributed by atoms with Gasteiger partial charge >= 0.3 is 0 Å². The number of hydrogen-bond donors (Lipinski definition) is 1. The molecule has 1 saturated heterocycles. The van der Waals surface area contributed by atoms with Crippen molar-refractivity contribution in [1.29, 1.82) is 0 Å². The van der Waals surface area contributed by atoms with Crippen molar-refractivity contribution in [2.75, 3.05) is 18.1 Å². The highest BCUT2D eigenvalue weighted by atomic mass is 32.2. The van der Waals surface area contributed by atoms with Crippen molar-refractivity contribution in [3.63, 3.8) is 0 Å². The van der Waals surface area contributed by atoms with Gasteiger partial charge in [-0.05, 0) is 12.0 Å². The summed E-state index contributed by atoms with van der Waals surface area (Å²) in [5.41, 5.74) is 1.36. The van der Waals surface area contributed by atoms with Gasteiger partial charge in [-0.3, -0.25) is 19.3 Å². The van der Waals surface area contributed by atoms with E-state index in [-0.39, 0.29) is 28.3 Å². The van der Waals surface area contributed by atoms with Crippen LogP contribution in [0.15, 0.2) is 45.7 Å². The van der Waals surface area contributed by atoms with E-state index in [2.05, 4.69) is 4.98 Å². The van der Waals surface area contributed by atoms with E-state index in [1.165, 1.54) is 16.2 Å². The lowest BCUT2D eigenvalue weighted by Crippen LogP contribution is -2.34. The Hall–Kier alpha value is -2.65. The second-order valence-corrected chi connectivity index (χ2v) is 7.90. The maximum atomic E-state index is 12.8. The van der Waals surface area contributed by atoms with Crippen molar-refractivity contribution in [3.05, 3.63) is 46.1 Å². The van der Waals surface area contributed by atoms with Crippen LogP contribution >= 0.6 is 23.1 Å². The number of thioether (sulfide) groups is 1. The van der Waals surface area contributed by atoms with Crippen LogP contribution in [-0.2, 0) is 9.59 Å². The Kier molecular flexibility index (Phi) is 4.71. The van der Waals surface area contributed by atoms with Crippen LogP contribution in [0, 0.1) is 0 Å². The number of rotatable bonds is 4. The van der Waals surface area contributed by atoms with Crippen molar-refractivity contribution in [2.45, 2.75) is 18.0 Å². The molecule has 4 rings (SSSR count). The SMILES string of the molecule is Nn1c(SCC(=O)N2CCCC2=O)nc2scc(-c3ccccc3)c2c1=O. The number of hydrogen-bond acceptors (Lipinski definition) is 7. The molecule has 0 spiro atoms. The van der Waals surface area contributed by atoms with Gasteiger partial charge in [0.05, 0.1) is 11.1 Å². The van der Waals surface area contributed by atoms with Gasteiger partial charge in [0.1, 0.15) is 4.83 Å². The van der Waals surface area contributed by atoms with E-state index in [1.54, 1.807) is 0 Å². The van der Waals surface area contributed by atoms with Crippen molar-refractivity contribution in [2.24, 2.45) is 0 Å². The lowest BCUT2D eigenvalue weighted by molar-refractivity contribution is -0.140. The lowest BCUT2D eigenvalue weighted by atomic mass is 10.1. The largest absolute Gasteiger partial charge is 0.334 e. The molecule has 7 nitrogen and oxygen atoms in total. The van der Waals surface area contributed by atoms with Crippen molar-refractivity contribution in [1.82, 2.24) is 14.6 Å². The predicted molar refractivity (Wildman–Crippen MR) is 106 cm³/mol. The first-order valence-corrected chi connectivity index (χ1v) is 10.2. The van der Waals surface area contributed by atoms with Crippen LogP contribution in [0.3, 0.4) is 0 Å². The molecule has 0 bridgehead atoms. The minimum absolute atomic E-state index is 0.0117. The molecular formula is C18H16N4O3S2. The van der Waals surface area contributed by atoms with Gasteiger partial charge in [-0.2, -0.15) is 0 Å². The number of nitrogens with two attached hydrogens (primary N) is 1. The van der Waals surface area contributed by atoms with Crippen LogP contribution < -0.4 is 11.4 Å². The van der Waals surface area contributed by atoms with Gasteiger partial charge in [0.2, 0.25) is 11.8 Å². The normalized spacial score (nSPS) is 14.2. The van der Waals surface area contributed by atoms with Crippen molar-refractivity contribution < 1.29 is 9.59 Å². The Bertz CT molecular complexity index is 1090. The summed E-state index contributed by atoms with van der Waals surface area (Å²) < 4.78 is 0.977. The number of thiophene rings is 1. The Morgan fingerprint density at radius 1 is 1.26 bits per heavy atom. The number of benzene rings is 1. The van der Waals surface area contributed by atoms with E-state index in [1.807, 2.05) is 35.7 Å². The Balaban J connectivity index is 1.64. The summed E-state index contributed by atoms with van der Waals surface area (Å²) in [5.74, 6) is 5.53. The first-order chi connectivity index (χ1) is 13.1. The highest BCUT2D eigenvalue weighted by Crippen LogP contribution is 2.31. The number of aromatic nitrogens is 2. The van der Waals surface area contributed by atoms with E-state index in [0.29, 0.717) is 29.6 Å². The fourth-order valence-electron chi connectivity index (χ4n) is 3.03. The molecule has 2 amide bonds. The number of nitrogens with zero attached hydrogens (tertiary/aromatic N) is 3. The average molecular weight is 400 g/mol. The highest BCUT2D eigenvalue weighted by molar-refractivity contribution is 7.99. The number of fused-ring (bicyclic) bond motifs is 1. The standard InChI is InChI=1S/C18H16N4O3S2/c19-22-17(25)15-12(11-5-2-1-3-6-11)9-26-16(15)20-18(22)27-10-14(24)21-8-4-7-13(21)23/h1-3,5-6,9H,4,7-8,10,19H2. The topological polar surface area (TPSA) is 98.3 Å². The van der Waals surface area contributed by atoms with Crippen molar-refractivity contribution >= 4 is 45.1 Å². The molecule has 9 heteroatoms. The Labute approximate surface area is 162 Å². The van der Waals surface area contributed by atoms with Crippen LogP contribution in [0.4, 0.5) is 0 Å². The average Bonchev–Trinajstić information content (AvgIpc) is 3.30. The molecule has 3 heterocycles. The molecule has 2 N–H and O–H groups in total. The fraction of sp³-hybridized carbons (Fsp3) is 0.222. The monoisotopic (exact) mass is 400 g/mol. The van der Waals surface area contributed by atoms with Gasteiger partial charge in [-0.1, -0.05) is 42.1 Å². The minimum Gasteiger partial charge on any atom is -0.334 e. The van der Waals surface area contributed by atoms with Crippen molar-refractivity contribution in [3.8, 4) is 11.1 Å². The van der Waals surface area contributed by atoms with Gasteiger partial charge in [-0.25, -0.2) is 9.66 Å². The van der Waals surface area contributed by atoms with Gasteiger partial charge in [0.25, 0.3) is 5.56 Å². The summed E-state index contributed by atoms with van der Waals surface area (Å²) in [6.07, 6.45) is 1.10. The second-order valence-electron chi connectivity index (χ2n) is 6.10. The summed E-state index contributed by atoms with van der Waals surface area (Å²) >= 11 is 2.43. The molecule has 0 atom stereocenters. The number of carbonyl (C=O) groups excluding carboxylic acids is 2. The highest BCUT2D eigenvalue weighted by Gasteiger charge is 2.26. The number of amides is 2. The summed E-state index contributed by atoms with van der Waals surface area (Å²) in [4.78, 5) is 43.0. The summed E-state index contributed by atoms with van der Waals surface area (Å²) in [6.45, 7) is 0.450. The van der Waals surface area contributed by atoms with E-state index >= 15 is 0 Å². The molecule has 138 valence electrons. The molecular weight excluding hydrogens is 384 g/mol. The molecule has 3 aromatic rings.